The number of nitrogens with zero attached hydrogens (tertiary/aromatic N) is 2. The Kier molecular flexibility index (Phi) is 1.27. The molecule has 64 valence electrons. The van der Waals surface area contributed by atoms with Crippen molar-refractivity contribution in [3.05, 3.63) is 35.5 Å². The smallest absolute Gasteiger partial charge is 0.140 e. The van der Waals surface area contributed by atoms with Gasteiger partial charge in [-0.05, 0) is 30.5 Å². The summed E-state index contributed by atoms with van der Waals surface area (Å²) in [6.07, 6.45) is 2.08. The minimum atomic E-state index is 1.10. The maximum absolute atomic E-state index is 4.53. The van der Waals surface area contributed by atoms with E-state index < -0.39 is 0 Å². The average molecular weight is 188 g/mol. The fourth-order valence-corrected chi connectivity index (χ4v) is 2.46. The molecule has 0 N–H and O–H groups in total. The van der Waals surface area contributed by atoms with E-state index in [0.717, 1.165) is 10.5 Å². The summed E-state index contributed by atoms with van der Waals surface area (Å²) in [5, 5.41) is 2.08. The van der Waals surface area contributed by atoms with Crippen LogP contribution in [0.1, 0.15) is 5.69 Å². The summed E-state index contributed by atoms with van der Waals surface area (Å²) in [6, 6.07) is 6.26. The predicted molar refractivity (Wildman–Crippen MR) is 55.3 cm³/mol. The number of rotatable bonds is 0. The van der Waals surface area contributed by atoms with Crippen LogP contribution in [0.2, 0.25) is 0 Å². The molecule has 0 atom stereocenters. The van der Waals surface area contributed by atoms with Crippen LogP contribution in [0, 0.1) is 6.92 Å². The van der Waals surface area contributed by atoms with Crippen LogP contribution in [0.15, 0.2) is 29.8 Å². The highest BCUT2D eigenvalue weighted by molar-refractivity contribution is 7.16. The molecular weight excluding hydrogens is 180 g/mol. The van der Waals surface area contributed by atoms with Crippen molar-refractivity contribution in [2.24, 2.45) is 0 Å². The Morgan fingerprint density at radius 3 is 3.15 bits per heavy atom. The molecule has 0 unspecified atom stereocenters. The van der Waals surface area contributed by atoms with Crippen molar-refractivity contribution in [1.82, 2.24) is 9.38 Å². The van der Waals surface area contributed by atoms with Gasteiger partial charge in [-0.15, -0.1) is 11.3 Å². The third kappa shape index (κ3) is 0.848. The Hall–Kier alpha value is -1.35. The number of hydrogen-bond donors (Lipinski definition) is 0. The van der Waals surface area contributed by atoms with Crippen molar-refractivity contribution in [1.29, 1.82) is 0 Å². The molecule has 0 aliphatic heterocycles. The Bertz CT molecular complexity index is 577. The zero-order valence-electron chi connectivity index (χ0n) is 7.19. The Labute approximate surface area is 79.5 Å². The number of thiophene rings is 1. The van der Waals surface area contributed by atoms with Gasteiger partial charge in [-0.25, -0.2) is 4.98 Å². The van der Waals surface area contributed by atoms with Crippen molar-refractivity contribution in [3.8, 4) is 0 Å². The predicted octanol–water partition coefficient (Wildman–Crippen LogP) is 2.86. The largest absolute Gasteiger partial charge is 0.313 e. The van der Waals surface area contributed by atoms with Crippen molar-refractivity contribution < 1.29 is 0 Å². The molecule has 0 aliphatic rings. The maximum Gasteiger partial charge on any atom is 0.140 e. The van der Waals surface area contributed by atoms with Crippen LogP contribution in [0.25, 0.3) is 15.9 Å². The summed E-state index contributed by atoms with van der Waals surface area (Å²) in [6.45, 7) is 2.05. The van der Waals surface area contributed by atoms with Gasteiger partial charge in [0.15, 0.2) is 0 Å². The first-order chi connectivity index (χ1) is 6.36. The molecule has 0 saturated heterocycles. The lowest BCUT2D eigenvalue weighted by Crippen LogP contribution is -1.89. The molecule has 0 bridgehead atoms. The molecule has 0 aliphatic carbocycles. The first-order valence-corrected chi connectivity index (χ1v) is 5.05. The highest BCUT2D eigenvalue weighted by atomic mass is 32.1. The molecular formula is C10H8N2S. The molecule has 13 heavy (non-hydrogen) atoms. The van der Waals surface area contributed by atoms with Gasteiger partial charge in [-0.3, -0.25) is 0 Å². The standard InChI is InChI=1S/C10H8N2S/c1-7-8-3-2-5-12(8)9-4-6-13-10(9)11-7/h2-6H,1H3. The van der Waals surface area contributed by atoms with Gasteiger partial charge in [-0.1, -0.05) is 0 Å². The summed E-state index contributed by atoms with van der Waals surface area (Å²) < 4.78 is 2.19. The summed E-state index contributed by atoms with van der Waals surface area (Å²) >= 11 is 1.69. The number of aryl methyl sites for hydroxylation is 1. The normalized spacial score (nSPS) is 11.5. The Morgan fingerprint density at radius 2 is 2.23 bits per heavy atom. The molecule has 0 amide bonds. The third-order valence-electron chi connectivity index (χ3n) is 2.27. The molecule has 0 aromatic carbocycles. The van der Waals surface area contributed by atoms with E-state index in [2.05, 4.69) is 46.1 Å². The molecule has 0 fully saturated rings. The van der Waals surface area contributed by atoms with Gasteiger partial charge in [0.25, 0.3) is 0 Å². The third-order valence-corrected chi connectivity index (χ3v) is 3.07. The van der Waals surface area contributed by atoms with Gasteiger partial charge in [0.05, 0.1) is 16.7 Å². The molecule has 3 rings (SSSR count). The summed E-state index contributed by atoms with van der Waals surface area (Å²) in [4.78, 5) is 5.65. The monoisotopic (exact) mass is 188 g/mol. The van der Waals surface area contributed by atoms with E-state index >= 15 is 0 Å². The molecule has 0 spiro atoms. The highest BCUT2D eigenvalue weighted by Crippen LogP contribution is 2.22. The van der Waals surface area contributed by atoms with Crippen LogP contribution in [-0.2, 0) is 0 Å². The number of hydrogen-bond acceptors (Lipinski definition) is 2. The molecule has 3 heteroatoms. The van der Waals surface area contributed by atoms with Crippen molar-refractivity contribution in [2.75, 3.05) is 0 Å². The first kappa shape index (κ1) is 7.09. The van der Waals surface area contributed by atoms with E-state index in [0.29, 0.717) is 0 Å². The lowest BCUT2D eigenvalue weighted by molar-refractivity contribution is 1.18. The van der Waals surface area contributed by atoms with E-state index in [4.69, 9.17) is 0 Å². The van der Waals surface area contributed by atoms with Gasteiger partial charge >= 0.3 is 0 Å². The average Bonchev–Trinajstić information content (AvgIpc) is 2.66. The quantitative estimate of drug-likeness (QED) is 0.530. The molecule has 0 saturated carbocycles. The van der Waals surface area contributed by atoms with E-state index in [1.165, 1.54) is 11.0 Å². The minimum absolute atomic E-state index is 1.10. The first-order valence-electron chi connectivity index (χ1n) is 4.17. The summed E-state index contributed by atoms with van der Waals surface area (Å²) in [5.41, 5.74) is 3.50. The SMILES string of the molecule is Cc1nc2sccc2n2cccc12. The lowest BCUT2D eigenvalue weighted by Gasteiger charge is -1.99. The van der Waals surface area contributed by atoms with Crippen LogP contribution in [-0.4, -0.2) is 9.38 Å². The number of fused-ring (bicyclic) bond motifs is 3. The minimum Gasteiger partial charge on any atom is -0.313 e. The second-order valence-corrected chi connectivity index (χ2v) is 3.97. The zero-order valence-corrected chi connectivity index (χ0v) is 8.01. The van der Waals surface area contributed by atoms with E-state index in [-0.39, 0.29) is 0 Å². The van der Waals surface area contributed by atoms with Gasteiger partial charge in [0, 0.05) is 6.20 Å². The van der Waals surface area contributed by atoms with Crippen LogP contribution in [0.5, 0.6) is 0 Å². The molecule has 0 radical (unpaired) electrons. The maximum atomic E-state index is 4.53. The highest BCUT2D eigenvalue weighted by Gasteiger charge is 2.04. The molecule has 3 aromatic heterocycles. The van der Waals surface area contributed by atoms with Gasteiger partial charge in [0.2, 0.25) is 0 Å². The van der Waals surface area contributed by atoms with E-state index in [9.17, 15) is 0 Å². The fraction of sp³-hybridized carbons (Fsp3) is 0.100. The second kappa shape index (κ2) is 2.33. The van der Waals surface area contributed by atoms with Crippen molar-refractivity contribution >= 4 is 27.2 Å². The van der Waals surface area contributed by atoms with Gasteiger partial charge in [0.1, 0.15) is 4.83 Å². The molecule has 3 aromatic rings. The van der Waals surface area contributed by atoms with E-state index in [1.54, 1.807) is 11.3 Å². The van der Waals surface area contributed by atoms with Crippen molar-refractivity contribution in [2.45, 2.75) is 6.92 Å². The zero-order chi connectivity index (χ0) is 8.84. The van der Waals surface area contributed by atoms with E-state index in [1.807, 2.05) is 0 Å². The van der Waals surface area contributed by atoms with Crippen LogP contribution >= 0.6 is 11.3 Å². The van der Waals surface area contributed by atoms with Crippen LogP contribution in [0.4, 0.5) is 0 Å². The topological polar surface area (TPSA) is 17.3 Å². The summed E-state index contributed by atoms with van der Waals surface area (Å²) in [7, 11) is 0. The second-order valence-electron chi connectivity index (χ2n) is 3.07. The van der Waals surface area contributed by atoms with Crippen molar-refractivity contribution in [3.63, 3.8) is 0 Å². The number of aromatic nitrogens is 2. The Morgan fingerprint density at radius 1 is 1.31 bits per heavy atom. The molecule has 3 heterocycles. The van der Waals surface area contributed by atoms with Gasteiger partial charge in [-0.2, -0.15) is 0 Å². The van der Waals surface area contributed by atoms with Crippen LogP contribution in [0.3, 0.4) is 0 Å². The lowest BCUT2D eigenvalue weighted by atomic mass is 10.4. The Balaban J connectivity index is 2.70. The molecule has 2 nitrogen and oxygen atoms in total. The van der Waals surface area contributed by atoms with Crippen LogP contribution < -0.4 is 0 Å². The van der Waals surface area contributed by atoms with Gasteiger partial charge < -0.3 is 4.40 Å². The summed E-state index contributed by atoms with van der Waals surface area (Å²) in [5.74, 6) is 0. The fourth-order valence-electron chi connectivity index (χ4n) is 1.66.